The molecule has 6 fully saturated rings. The summed E-state index contributed by atoms with van der Waals surface area (Å²) < 4.78 is 78.1. The van der Waals surface area contributed by atoms with Crippen molar-refractivity contribution in [1.82, 2.24) is 5.32 Å². The molecule has 3 N–H and O–H groups in total. The first-order chi connectivity index (χ1) is 15.2. The van der Waals surface area contributed by atoms with Crippen molar-refractivity contribution < 1.29 is 49.4 Å². The van der Waals surface area contributed by atoms with Crippen molar-refractivity contribution >= 4 is 71.2 Å². The second-order valence-electron chi connectivity index (χ2n) is 9.06. The van der Waals surface area contributed by atoms with E-state index in [1.165, 1.54) is 0 Å². The van der Waals surface area contributed by atoms with Gasteiger partial charge in [0.15, 0.2) is 0 Å². The van der Waals surface area contributed by atoms with Crippen LogP contribution in [0, 0.1) is 0 Å². The van der Waals surface area contributed by atoms with Gasteiger partial charge in [-0.15, -0.1) is 0 Å². The standard InChI is InChI=1S/C11H32N2O12Si8/c1-27-14-26-15-28(2)19-30(4,17-27)21-32(6)22-31(5,18-27)20-29(3,16-26)24-33(23-28,25-32)11-7-9-13-10-8-12/h13,26H,7-12H2,1-6H3/t26?,27?,28-,29?,30?,31?,32?,33?/m0/s1. The van der Waals surface area contributed by atoms with E-state index in [0.29, 0.717) is 32.1 Å². The van der Waals surface area contributed by atoms with E-state index in [0.717, 1.165) is 0 Å². The van der Waals surface area contributed by atoms with Crippen molar-refractivity contribution in [2.24, 2.45) is 5.73 Å². The van der Waals surface area contributed by atoms with Gasteiger partial charge in [-0.1, -0.05) is 0 Å². The van der Waals surface area contributed by atoms with E-state index in [9.17, 15) is 0 Å². The van der Waals surface area contributed by atoms with Crippen molar-refractivity contribution in [2.45, 2.75) is 51.7 Å². The van der Waals surface area contributed by atoms with Gasteiger partial charge >= 0.3 is 71.2 Å². The highest BCUT2D eigenvalue weighted by Crippen LogP contribution is 2.46. The molecule has 190 valence electrons. The van der Waals surface area contributed by atoms with Gasteiger partial charge in [-0.2, -0.15) is 0 Å². The third-order valence-corrected chi connectivity index (χ3v) is 39.7. The lowest BCUT2D eigenvalue weighted by atomic mass is 10.5. The average molecular weight is 609 g/mol. The SMILES string of the molecule is C[Si]12O[SiH]3O[Si]4(C)O[Si](C)(O1)O[Si]1(C)O[Si](C)(O2)O[Si@](C)(O3)O[Si](CCCNCCN)(O4)O1. The molecule has 6 aliphatic rings. The number of nitrogens with two attached hydrogens (primary N) is 1. The molecule has 0 aromatic carbocycles. The highest BCUT2D eigenvalue weighted by atomic mass is 28.6. The molecule has 0 spiro atoms. The van der Waals surface area contributed by atoms with Gasteiger partial charge in [0.25, 0.3) is 0 Å². The van der Waals surface area contributed by atoms with Crippen LogP contribution in [0.4, 0.5) is 0 Å². The van der Waals surface area contributed by atoms with E-state index >= 15 is 0 Å². The first kappa shape index (κ1) is 25.8. The summed E-state index contributed by atoms with van der Waals surface area (Å²) in [5, 5.41) is 3.28. The Labute approximate surface area is 202 Å². The van der Waals surface area contributed by atoms with Gasteiger partial charge in [0.1, 0.15) is 0 Å². The van der Waals surface area contributed by atoms with Crippen molar-refractivity contribution in [2.75, 3.05) is 19.6 Å². The van der Waals surface area contributed by atoms with Crippen LogP contribution in [0.3, 0.4) is 0 Å². The van der Waals surface area contributed by atoms with Gasteiger partial charge in [0.05, 0.1) is 0 Å². The molecule has 6 heterocycles. The molecule has 0 aliphatic carbocycles. The molecule has 0 aromatic heterocycles. The molecule has 0 amide bonds. The van der Waals surface area contributed by atoms with Gasteiger partial charge < -0.3 is 60.4 Å². The largest absolute Gasteiger partial charge is 0.478 e. The summed E-state index contributed by atoms with van der Waals surface area (Å²) in [7, 11) is -27.1. The lowest BCUT2D eigenvalue weighted by Gasteiger charge is -2.59. The Morgan fingerprint density at radius 2 is 0.970 bits per heavy atom. The summed E-state index contributed by atoms with van der Waals surface area (Å²) in [6.07, 6.45) is 0.699. The minimum absolute atomic E-state index is 0.461. The topological polar surface area (TPSA) is 149 Å². The molecule has 0 radical (unpaired) electrons. The monoisotopic (exact) mass is 608 g/mol. The Bertz CT molecular complexity index is 765. The summed E-state index contributed by atoms with van der Waals surface area (Å²) in [6, 6.07) is 0.461. The van der Waals surface area contributed by atoms with Crippen molar-refractivity contribution in [3.05, 3.63) is 0 Å². The van der Waals surface area contributed by atoms with Crippen LogP contribution in [-0.4, -0.2) is 90.8 Å². The Kier molecular flexibility index (Phi) is 6.52. The normalized spacial score (nSPS) is 55.5. The molecule has 8 bridgehead atoms. The lowest BCUT2D eigenvalue weighted by Crippen LogP contribution is -2.84. The number of nitrogens with one attached hydrogen (secondary N) is 1. The highest BCUT2D eigenvalue weighted by molar-refractivity contribution is 7.00. The molecule has 7 unspecified atom stereocenters. The van der Waals surface area contributed by atoms with E-state index < -0.39 is 71.2 Å². The molecule has 22 heteroatoms. The quantitative estimate of drug-likeness (QED) is 0.288. The van der Waals surface area contributed by atoms with Crippen molar-refractivity contribution in [1.29, 1.82) is 0 Å². The Morgan fingerprint density at radius 3 is 1.45 bits per heavy atom. The molecular weight excluding hydrogens is 577 g/mol. The zero-order valence-corrected chi connectivity index (χ0v) is 27.7. The van der Waals surface area contributed by atoms with E-state index in [1.54, 1.807) is 39.3 Å². The van der Waals surface area contributed by atoms with Crippen LogP contribution >= 0.6 is 0 Å². The molecule has 33 heavy (non-hydrogen) atoms. The van der Waals surface area contributed by atoms with Gasteiger partial charge in [0, 0.05) is 58.4 Å². The molecule has 8 atom stereocenters. The average Bonchev–Trinajstić information content (AvgIpc) is 2.52. The van der Waals surface area contributed by atoms with Crippen LogP contribution in [-0.2, 0) is 49.4 Å². The summed E-state index contributed by atoms with van der Waals surface area (Å²) in [5.74, 6) is 0. The van der Waals surface area contributed by atoms with Crippen molar-refractivity contribution in [3.8, 4) is 0 Å². The highest BCUT2D eigenvalue weighted by Gasteiger charge is 2.76. The van der Waals surface area contributed by atoms with E-state index in [-0.39, 0.29) is 0 Å². The predicted octanol–water partition coefficient (Wildman–Crippen LogP) is -0.740. The third kappa shape index (κ3) is 5.28. The van der Waals surface area contributed by atoms with E-state index in [4.69, 9.17) is 55.1 Å². The minimum Gasteiger partial charge on any atom is -0.376 e. The number of rotatable bonds is 6. The van der Waals surface area contributed by atoms with Gasteiger partial charge in [0.2, 0.25) is 0 Å². The fourth-order valence-corrected chi connectivity index (χ4v) is 47.5. The number of hydrogen-bond donors (Lipinski definition) is 2. The molecule has 6 aliphatic heterocycles. The maximum atomic E-state index is 6.72. The fourth-order valence-electron chi connectivity index (χ4n) is 4.73. The van der Waals surface area contributed by atoms with Crippen LogP contribution in [0.5, 0.6) is 0 Å². The zero-order valence-electron chi connectivity index (χ0n) is 19.6. The second-order valence-corrected chi connectivity index (χ2v) is 32.0. The summed E-state index contributed by atoms with van der Waals surface area (Å²) in [4.78, 5) is 0. The molecule has 0 aromatic rings. The molecule has 6 saturated heterocycles. The number of hydrogen-bond acceptors (Lipinski definition) is 14. The minimum atomic E-state index is -3.54. The lowest BCUT2D eigenvalue weighted by molar-refractivity contribution is -0.0127. The maximum absolute atomic E-state index is 6.72. The zero-order chi connectivity index (χ0) is 23.8. The van der Waals surface area contributed by atoms with Crippen LogP contribution in [0.15, 0.2) is 0 Å². The summed E-state index contributed by atoms with van der Waals surface area (Å²) >= 11 is 0. The Morgan fingerprint density at radius 1 is 0.576 bits per heavy atom. The second kappa shape index (κ2) is 8.34. The molecular formula is C11H32N2O12Si8. The van der Waals surface area contributed by atoms with Crippen LogP contribution < -0.4 is 11.1 Å². The maximum Gasteiger partial charge on any atom is 0.478 e. The predicted molar refractivity (Wildman–Crippen MR) is 127 cm³/mol. The first-order valence-corrected chi connectivity index (χ1v) is 27.7. The molecule has 6 rings (SSSR count). The van der Waals surface area contributed by atoms with Gasteiger partial charge in [-0.05, 0) is 13.0 Å². The summed E-state index contributed by atoms with van der Waals surface area (Å²) in [6.45, 7) is 12.6. The van der Waals surface area contributed by atoms with Crippen LogP contribution in [0.1, 0.15) is 6.42 Å². The van der Waals surface area contributed by atoms with Crippen molar-refractivity contribution in [3.63, 3.8) is 0 Å². The Hall–Kier alpha value is 1.18. The van der Waals surface area contributed by atoms with Crippen LogP contribution in [0.25, 0.3) is 0 Å². The Balaban J connectivity index is 1.60. The van der Waals surface area contributed by atoms with Gasteiger partial charge in [-0.25, -0.2) is 0 Å². The third-order valence-electron chi connectivity index (χ3n) is 5.34. The summed E-state index contributed by atoms with van der Waals surface area (Å²) in [5.41, 5.74) is 5.59. The van der Waals surface area contributed by atoms with E-state index in [1.807, 2.05) is 0 Å². The smallest absolute Gasteiger partial charge is 0.376 e. The fraction of sp³-hybridized carbons (Fsp3) is 1.00. The van der Waals surface area contributed by atoms with Crippen LogP contribution in [0.2, 0.25) is 45.3 Å². The van der Waals surface area contributed by atoms with E-state index in [2.05, 4.69) is 5.32 Å². The first-order valence-electron chi connectivity index (χ1n) is 11.0. The molecule has 0 saturated carbocycles. The molecule has 14 nitrogen and oxygen atoms in total. The van der Waals surface area contributed by atoms with Gasteiger partial charge in [-0.3, -0.25) is 0 Å².